The van der Waals surface area contributed by atoms with Gasteiger partial charge in [0.1, 0.15) is 5.75 Å². The SMILES string of the molecule is COc1c(Br)cc(C2=CC3(C=C2c2ccc(S(=O)(=O)C(F)(F)F)cc2)CC3)cc1Br. The van der Waals surface area contributed by atoms with E-state index in [0.717, 1.165) is 50.6 Å². The molecule has 0 heterocycles. The second-order valence-electron chi connectivity index (χ2n) is 7.30. The summed E-state index contributed by atoms with van der Waals surface area (Å²) >= 11 is 7.00. The number of sulfone groups is 1. The van der Waals surface area contributed by atoms with E-state index in [2.05, 4.69) is 44.0 Å². The highest BCUT2D eigenvalue weighted by Gasteiger charge is 2.47. The van der Waals surface area contributed by atoms with Crippen LogP contribution in [0.4, 0.5) is 13.2 Å². The Balaban J connectivity index is 1.75. The van der Waals surface area contributed by atoms with E-state index in [-0.39, 0.29) is 5.41 Å². The van der Waals surface area contributed by atoms with Gasteiger partial charge in [-0.15, -0.1) is 0 Å². The summed E-state index contributed by atoms with van der Waals surface area (Å²) in [5.74, 6) is 0.658. The highest BCUT2D eigenvalue weighted by atomic mass is 79.9. The minimum atomic E-state index is -5.37. The van der Waals surface area contributed by atoms with Crippen LogP contribution in [-0.2, 0) is 9.84 Å². The van der Waals surface area contributed by atoms with Crippen molar-refractivity contribution in [1.82, 2.24) is 0 Å². The number of allylic oxidation sites excluding steroid dienone is 4. The molecular formula is C21H15Br2F3O3S. The van der Waals surface area contributed by atoms with Crippen LogP contribution in [0.3, 0.4) is 0 Å². The smallest absolute Gasteiger partial charge is 0.494 e. The maximum absolute atomic E-state index is 12.8. The molecule has 1 spiro atoms. The summed E-state index contributed by atoms with van der Waals surface area (Å²) in [5, 5.41) is 0. The average molecular weight is 564 g/mol. The summed E-state index contributed by atoms with van der Waals surface area (Å²) in [6.45, 7) is 0. The molecule has 30 heavy (non-hydrogen) atoms. The van der Waals surface area contributed by atoms with Gasteiger partial charge in [0.05, 0.1) is 21.0 Å². The van der Waals surface area contributed by atoms with Gasteiger partial charge in [0, 0.05) is 5.41 Å². The molecule has 0 bridgehead atoms. The molecule has 0 aromatic heterocycles. The van der Waals surface area contributed by atoms with E-state index in [1.807, 2.05) is 12.1 Å². The minimum absolute atomic E-state index is 0.0414. The van der Waals surface area contributed by atoms with Crippen molar-refractivity contribution in [2.45, 2.75) is 23.2 Å². The molecule has 158 valence electrons. The van der Waals surface area contributed by atoms with Crippen LogP contribution in [0.1, 0.15) is 24.0 Å². The van der Waals surface area contributed by atoms with Crippen LogP contribution in [-0.4, -0.2) is 21.0 Å². The van der Waals surface area contributed by atoms with Gasteiger partial charge in [-0.05, 0) is 91.2 Å². The zero-order valence-corrected chi connectivity index (χ0v) is 19.5. The van der Waals surface area contributed by atoms with Crippen LogP contribution >= 0.6 is 31.9 Å². The highest BCUT2D eigenvalue weighted by Crippen LogP contribution is 2.58. The van der Waals surface area contributed by atoms with Gasteiger partial charge in [-0.2, -0.15) is 13.2 Å². The summed E-state index contributed by atoms with van der Waals surface area (Å²) in [4.78, 5) is -0.765. The summed E-state index contributed by atoms with van der Waals surface area (Å²) < 4.78 is 68.6. The first kappa shape index (κ1) is 21.6. The van der Waals surface area contributed by atoms with Crippen molar-refractivity contribution in [3.05, 3.63) is 68.6 Å². The number of hydrogen-bond acceptors (Lipinski definition) is 3. The van der Waals surface area contributed by atoms with Crippen molar-refractivity contribution in [2.75, 3.05) is 7.11 Å². The quantitative estimate of drug-likeness (QED) is 0.412. The molecule has 1 saturated carbocycles. The number of alkyl halides is 3. The summed E-state index contributed by atoms with van der Waals surface area (Å²) in [5.41, 5.74) is -1.98. The third-order valence-corrected chi connectivity index (χ3v) is 7.96. The zero-order valence-electron chi connectivity index (χ0n) is 15.6. The number of rotatable bonds is 4. The van der Waals surface area contributed by atoms with E-state index in [9.17, 15) is 21.6 Å². The number of hydrogen-bond donors (Lipinski definition) is 0. The molecule has 3 nitrogen and oxygen atoms in total. The Kier molecular flexibility index (Phi) is 5.22. The molecular weight excluding hydrogens is 549 g/mol. The minimum Gasteiger partial charge on any atom is -0.494 e. The predicted molar refractivity (Wildman–Crippen MR) is 116 cm³/mol. The normalized spacial score (nSPS) is 17.7. The fourth-order valence-electron chi connectivity index (χ4n) is 3.54. The summed E-state index contributed by atoms with van der Waals surface area (Å²) in [6, 6.07) is 8.71. The van der Waals surface area contributed by atoms with Gasteiger partial charge >= 0.3 is 5.51 Å². The maximum Gasteiger partial charge on any atom is 0.501 e. The molecule has 0 unspecified atom stereocenters. The molecule has 1 fully saturated rings. The Hall–Kier alpha value is -1.58. The van der Waals surface area contributed by atoms with Gasteiger partial charge in [-0.1, -0.05) is 24.3 Å². The van der Waals surface area contributed by atoms with Crippen LogP contribution in [0.25, 0.3) is 11.1 Å². The third-order valence-electron chi connectivity index (χ3n) is 5.27. The lowest BCUT2D eigenvalue weighted by Gasteiger charge is -2.14. The van der Waals surface area contributed by atoms with Crippen LogP contribution in [0, 0.1) is 5.41 Å². The highest BCUT2D eigenvalue weighted by molar-refractivity contribution is 9.11. The van der Waals surface area contributed by atoms with Crippen LogP contribution in [0.5, 0.6) is 5.75 Å². The Bertz CT molecular complexity index is 1170. The molecule has 0 radical (unpaired) electrons. The molecule has 2 aromatic carbocycles. The van der Waals surface area contributed by atoms with Gasteiger partial charge in [-0.3, -0.25) is 0 Å². The van der Waals surface area contributed by atoms with Crippen molar-refractivity contribution < 1.29 is 26.3 Å². The van der Waals surface area contributed by atoms with Crippen molar-refractivity contribution in [3.63, 3.8) is 0 Å². The zero-order chi connectivity index (χ0) is 21.9. The maximum atomic E-state index is 12.8. The van der Waals surface area contributed by atoms with E-state index < -0.39 is 20.2 Å². The van der Waals surface area contributed by atoms with Gasteiger partial charge in [0.25, 0.3) is 9.84 Å². The summed E-state index contributed by atoms with van der Waals surface area (Å²) in [6.07, 6.45) is 6.28. The monoisotopic (exact) mass is 562 g/mol. The largest absolute Gasteiger partial charge is 0.501 e. The summed E-state index contributed by atoms with van der Waals surface area (Å²) in [7, 11) is -3.80. The van der Waals surface area contributed by atoms with Gasteiger partial charge in [-0.25, -0.2) is 8.42 Å². The van der Waals surface area contributed by atoms with E-state index in [0.29, 0.717) is 11.3 Å². The van der Waals surface area contributed by atoms with Crippen molar-refractivity contribution >= 4 is 52.8 Å². The second-order valence-corrected chi connectivity index (χ2v) is 10.9. The standard InChI is InChI=1S/C21H15Br2F3O3S/c1-29-19-17(22)8-13(9-18(19)23)16-11-20(6-7-20)10-15(16)12-2-4-14(5-3-12)30(27,28)21(24,25)26/h2-5,8-11H,6-7H2,1H3. The number of halogens is 5. The Morgan fingerprint density at radius 1 is 0.933 bits per heavy atom. The van der Waals surface area contributed by atoms with Gasteiger partial charge in [0.15, 0.2) is 0 Å². The van der Waals surface area contributed by atoms with Crippen molar-refractivity contribution in [1.29, 1.82) is 0 Å². The van der Waals surface area contributed by atoms with Crippen LogP contribution in [0.15, 0.2) is 62.4 Å². The molecule has 0 atom stereocenters. The second kappa shape index (κ2) is 7.24. The van der Waals surface area contributed by atoms with Crippen molar-refractivity contribution in [3.8, 4) is 5.75 Å². The van der Waals surface area contributed by atoms with E-state index in [4.69, 9.17) is 4.74 Å². The van der Waals surface area contributed by atoms with E-state index in [1.165, 1.54) is 12.1 Å². The Labute approximate surface area is 188 Å². The number of ether oxygens (including phenoxy) is 1. The molecule has 4 rings (SSSR count). The van der Waals surface area contributed by atoms with Crippen LogP contribution in [0.2, 0.25) is 0 Å². The lowest BCUT2D eigenvalue weighted by Crippen LogP contribution is -2.23. The Morgan fingerprint density at radius 2 is 1.43 bits per heavy atom. The first-order valence-corrected chi connectivity index (χ1v) is 12.0. The van der Waals surface area contributed by atoms with E-state index in [1.54, 1.807) is 7.11 Å². The first-order valence-electron chi connectivity index (χ1n) is 8.89. The molecule has 9 heteroatoms. The average Bonchev–Trinajstić information content (AvgIpc) is 3.31. The van der Waals surface area contributed by atoms with E-state index >= 15 is 0 Å². The van der Waals surface area contributed by atoms with Gasteiger partial charge in [0.2, 0.25) is 0 Å². The first-order chi connectivity index (χ1) is 14.0. The lowest BCUT2D eigenvalue weighted by molar-refractivity contribution is -0.0436. The van der Waals surface area contributed by atoms with Gasteiger partial charge < -0.3 is 4.74 Å². The molecule has 0 aliphatic heterocycles. The predicted octanol–water partition coefficient (Wildman–Crippen LogP) is 6.77. The molecule has 2 aliphatic rings. The number of methoxy groups -OCH3 is 1. The fraction of sp³-hybridized carbons (Fsp3) is 0.238. The van der Waals surface area contributed by atoms with Crippen molar-refractivity contribution in [2.24, 2.45) is 5.41 Å². The molecule has 2 aliphatic carbocycles. The number of benzene rings is 2. The fourth-order valence-corrected chi connectivity index (χ4v) is 5.81. The third kappa shape index (κ3) is 3.65. The molecule has 0 N–H and O–H groups in total. The Morgan fingerprint density at radius 3 is 1.87 bits per heavy atom. The molecule has 2 aromatic rings. The lowest BCUT2D eigenvalue weighted by atomic mass is 9.95. The molecule has 0 amide bonds. The van der Waals surface area contributed by atoms with Crippen LogP contribution < -0.4 is 4.74 Å². The molecule has 0 saturated heterocycles. The topological polar surface area (TPSA) is 43.4 Å².